The first kappa shape index (κ1) is 21.6. The molecule has 2 aliphatic rings. The van der Waals surface area contributed by atoms with Crippen LogP contribution in [0.4, 0.5) is 0 Å². The number of carbonyl (C=O) groups excluding carboxylic acids is 1. The van der Waals surface area contributed by atoms with Gasteiger partial charge in [-0.1, -0.05) is 12.1 Å². The number of benzene rings is 2. The molecule has 2 aromatic rings. The molecule has 1 fully saturated rings. The first-order chi connectivity index (χ1) is 14.8. The predicted molar refractivity (Wildman–Crippen MR) is 117 cm³/mol. The maximum atomic E-state index is 13.0. The molecule has 0 spiro atoms. The van der Waals surface area contributed by atoms with Gasteiger partial charge in [0.25, 0.3) is 0 Å². The summed E-state index contributed by atoms with van der Waals surface area (Å²) in [7, 11) is -3.54. The number of amides is 1. The molecule has 2 heterocycles. The number of nitrogens with one attached hydrogen (secondary N) is 1. The summed E-state index contributed by atoms with van der Waals surface area (Å²) in [5.74, 6) is 1.18. The zero-order valence-corrected chi connectivity index (χ0v) is 18.7. The quantitative estimate of drug-likeness (QED) is 0.767. The highest BCUT2D eigenvalue weighted by Crippen LogP contribution is 2.31. The summed E-state index contributed by atoms with van der Waals surface area (Å²) < 4.78 is 38.5. The average molecular weight is 445 g/mol. The summed E-state index contributed by atoms with van der Waals surface area (Å²) in [6, 6.07) is 10.9. The van der Waals surface area contributed by atoms with Crippen molar-refractivity contribution >= 4 is 15.9 Å². The van der Waals surface area contributed by atoms with Crippen LogP contribution in [0.15, 0.2) is 41.3 Å². The number of hydrogen-bond acceptors (Lipinski definition) is 5. The molecule has 1 amide bonds. The number of aryl methyl sites for hydroxylation is 2. The average Bonchev–Trinajstić information content (AvgIpc) is 2.79. The van der Waals surface area contributed by atoms with Gasteiger partial charge in [-0.15, -0.1) is 0 Å². The summed E-state index contributed by atoms with van der Waals surface area (Å²) in [6.45, 7) is 6.02. The summed E-state index contributed by atoms with van der Waals surface area (Å²) in [4.78, 5) is 13.0. The Morgan fingerprint density at radius 2 is 1.71 bits per heavy atom. The summed E-state index contributed by atoms with van der Waals surface area (Å²) >= 11 is 0. The van der Waals surface area contributed by atoms with Crippen molar-refractivity contribution in [2.45, 2.75) is 38.1 Å². The smallest absolute Gasteiger partial charge is 0.243 e. The summed E-state index contributed by atoms with van der Waals surface area (Å²) in [5, 5.41) is 2.97. The number of fused-ring (bicyclic) bond motifs is 1. The van der Waals surface area contributed by atoms with Crippen LogP contribution in [-0.2, 0) is 21.4 Å². The van der Waals surface area contributed by atoms with Crippen molar-refractivity contribution in [3.63, 3.8) is 0 Å². The van der Waals surface area contributed by atoms with Gasteiger partial charge < -0.3 is 14.8 Å². The van der Waals surface area contributed by atoms with Crippen molar-refractivity contribution in [1.29, 1.82) is 0 Å². The molecule has 7 nitrogen and oxygen atoms in total. The zero-order chi connectivity index (χ0) is 22.0. The molecule has 8 heteroatoms. The van der Waals surface area contributed by atoms with Gasteiger partial charge in [-0.05, 0) is 67.6 Å². The van der Waals surface area contributed by atoms with Crippen LogP contribution in [0.3, 0.4) is 0 Å². The van der Waals surface area contributed by atoms with Gasteiger partial charge in [-0.2, -0.15) is 4.31 Å². The van der Waals surface area contributed by atoms with Crippen LogP contribution < -0.4 is 14.8 Å². The fraction of sp³-hybridized carbons (Fsp3) is 0.435. The van der Waals surface area contributed by atoms with Crippen molar-refractivity contribution in [2.75, 3.05) is 26.3 Å². The van der Waals surface area contributed by atoms with E-state index in [1.165, 1.54) is 4.31 Å². The van der Waals surface area contributed by atoms with Crippen molar-refractivity contribution < 1.29 is 22.7 Å². The van der Waals surface area contributed by atoms with Gasteiger partial charge in [0.2, 0.25) is 15.9 Å². The van der Waals surface area contributed by atoms with Gasteiger partial charge in [0.05, 0.1) is 4.90 Å². The van der Waals surface area contributed by atoms with E-state index in [0.29, 0.717) is 56.3 Å². The molecule has 0 bridgehead atoms. The van der Waals surface area contributed by atoms with Gasteiger partial charge >= 0.3 is 0 Å². The fourth-order valence-electron chi connectivity index (χ4n) is 3.91. The van der Waals surface area contributed by atoms with Crippen LogP contribution in [0.5, 0.6) is 11.5 Å². The lowest BCUT2D eigenvalue weighted by Crippen LogP contribution is -2.42. The van der Waals surface area contributed by atoms with E-state index in [2.05, 4.69) is 5.32 Å². The minimum Gasteiger partial charge on any atom is -0.486 e. The summed E-state index contributed by atoms with van der Waals surface area (Å²) in [6.07, 6.45) is 1.02. The Labute approximate surface area is 183 Å². The first-order valence-corrected chi connectivity index (χ1v) is 12.0. The SMILES string of the molecule is Cc1ccc(S(=O)(=O)N2CCC(C(=O)NCc3ccc4c(c3)OCCO4)CC2)cc1C. The maximum absolute atomic E-state index is 13.0. The number of sulfonamides is 1. The predicted octanol–water partition coefficient (Wildman–Crippen LogP) is 2.79. The van der Waals surface area contributed by atoms with Crippen LogP contribution >= 0.6 is 0 Å². The van der Waals surface area contributed by atoms with E-state index in [1.54, 1.807) is 12.1 Å². The van der Waals surface area contributed by atoms with Crippen molar-refractivity contribution in [3.8, 4) is 11.5 Å². The van der Waals surface area contributed by atoms with E-state index < -0.39 is 10.0 Å². The molecular weight excluding hydrogens is 416 g/mol. The van der Waals surface area contributed by atoms with E-state index in [4.69, 9.17) is 9.47 Å². The fourth-order valence-corrected chi connectivity index (χ4v) is 5.47. The monoisotopic (exact) mass is 444 g/mol. The lowest BCUT2D eigenvalue weighted by atomic mass is 9.97. The zero-order valence-electron chi connectivity index (χ0n) is 17.9. The van der Waals surface area contributed by atoms with Crippen molar-refractivity contribution in [1.82, 2.24) is 9.62 Å². The number of rotatable bonds is 5. The molecule has 0 unspecified atom stereocenters. The van der Waals surface area contributed by atoms with Crippen LogP contribution in [0.2, 0.25) is 0 Å². The second kappa shape index (κ2) is 8.88. The molecule has 0 atom stereocenters. The van der Waals surface area contributed by atoms with E-state index in [0.717, 1.165) is 22.4 Å². The van der Waals surface area contributed by atoms with Gasteiger partial charge in [0.1, 0.15) is 13.2 Å². The lowest BCUT2D eigenvalue weighted by Gasteiger charge is -2.30. The molecule has 2 aliphatic heterocycles. The number of hydrogen-bond donors (Lipinski definition) is 1. The van der Waals surface area contributed by atoms with Crippen LogP contribution in [0, 0.1) is 19.8 Å². The molecule has 0 saturated carbocycles. The van der Waals surface area contributed by atoms with Gasteiger partial charge in [0.15, 0.2) is 11.5 Å². The Bertz CT molecular complexity index is 1080. The van der Waals surface area contributed by atoms with E-state index in [9.17, 15) is 13.2 Å². The van der Waals surface area contributed by atoms with E-state index >= 15 is 0 Å². The third-order valence-electron chi connectivity index (χ3n) is 6.01. The minimum absolute atomic E-state index is 0.0434. The highest BCUT2D eigenvalue weighted by Gasteiger charge is 2.32. The van der Waals surface area contributed by atoms with E-state index in [1.807, 2.05) is 38.1 Å². The molecule has 0 aromatic heterocycles. The lowest BCUT2D eigenvalue weighted by molar-refractivity contribution is -0.126. The molecular formula is C23H28N2O5S. The molecule has 0 aliphatic carbocycles. The Kier molecular flexibility index (Phi) is 6.20. The molecule has 31 heavy (non-hydrogen) atoms. The Morgan fingerprint density at radius 3 is 2.42 bits per heavy atom. The van der Waals surface area contributed by atoms with Crippen LogP contribution in [0.1, 0.15) is 29.5 Å². The van der Waals surface area contributed by atoms with Crippen LogP contribution in [0.25, 0.3) is 0 Å². The Balaban J connectivity index is 1.32. The van der Waals surface area contributed by atoms with Crippen molar-refractivity contribution in [2.24, 2.45) is 5.92 Å². The molecule has 166 valence electrons. The first-order valence-electron chi connectivity index (χ1n) is 10.6. The molecule has 1 saturated heterocycles. The molecule has 0 radical (unpaired) electrons. The number of nitrogens with zero attached hydrogens (tertiary/aromatic N) is 1. The standard InChI is InChI=1S/C23H28N2O5S/c1-16-3-5-20(13-17(16)2)31(27,28)25-9-7-19(8-10-25)23(26)24-15-18-4-6-21-22(14-18)30-12-11-29-21/h3-6,13-14,19H,7-12,15H2,1-2H3,(H,24,26). The minimum atomic E-state index is -3.54. The Morgan fingerprint density at radius 1 is 1.00 bits per heavy atom. The Hall–Kier alpha value is -2.58. The maximum Gasteiger partial charge on any atom is 0.243 e. The van der Waals surface area contributed by atoms with Gasteiger partial charge in [-0.3, -0.25) is 4.79 Å². The molecule has 4 rings (SSSR count). The normalized spacial score (nSPS) is 17.4. The largest absolute Gasteiger partial charge is 0.486 e. The number of piperidine rings is 1. The van der Waals surface area contributed by atoms with Crippen molar-refractivity contribution in [3.05, 3.63) is 53.1 Å². The topological polar surface area (TPSA) is 84.9 Å². The highest BCUT2D eigenvalue weighted by atomic mass is 32.2. The molecule has 1 N–H and O–H groups in total. The number of carbonyl (C=O) groups is 1. The van der Waals surface area contributed by atoms with Gasteiger partial charge in [0, 0.05) is 25.6 Å². The molecule has 2 aromatic carbocycles. The summed E-state index contributed by atoms with van der Waals surface area (Å²) in [5.41, 5.74) is 2.95. The van der Waals surface area contributed by atoms with Crippen LogP contribution in [-0.4, -0.2) is 44.9 Å². The number of ether oxygens (including phenoxy) is 2. The third-order valence-corrected chi connectivity index (χ3v) is 7.91. The second-order valence-electron chi connectivity index (χ2n) is 8.12. The third kappa shape index (κ3) is 4.70. The van der Waals surface area contributed by atoms with Gasteiger partial charge in [-0.25, -0.2) is 8.42 Å². The highest BCUT2D eigenvalue weighted by molar-refractivity contribution is 7.89. The second-order valence-corrected chi connectivity index (χ2v) is 10.1. The van der Waals surface area contributed by atoms with E-state index in [-0.39, 0.29) is 11.8 Å².